The fourth-order valence-electron chi connectivity index (χ4n) is 5.84. The summed E-state index contributed by atoms with van der Waals surface area (Å²) in [7, 11) is 1.54. The van der Waals surface area contributed by atoms with Gasteiger partial charge in [0.2, 0.25) is 11.6 Å². The Morgan fingerprint density at radius 2 is 1.46 bits per heavy atom. The molecular formula is C28H21N5O4. The molecule has 9 heteroatoms. The molecule has 0 saturated carbocycles. The maximum atomic E-state index is 13.8. The van der Waals surface area contributed by atoms with Gasteiger partial charge in [0.15, 0.2) is 0 Å². The Bertz CT molecular complexity index is 1480. The van der Waals surface area contributed by atoms with Crippen LogP contribution in [0.1, 0.15) is 34.1 Å². The summed E-state index contributed by atoms with van der Waals surface area (Å²) in [6.45, 7) is 0. The van der Waals surface area contributed by atoms with Gasteiger partial charge >= 0.3 is 5.91 Å². The van der Waals surface area contributed by atoms with E-state index in [0.29, 0.717) is 16.4 Å². The lowest BCUT2D eigenvalue weighted by molar-refractivity contribution is -0.164. The molecule has 2 bridgehead atoms. The molecule has 4 aliphatic rings. The molecular weight excluding hydrogens is 470 g/mol. The summed E-state index contributed by atoms with van der Waals surface area (Å²) in [4.78, 5) is 40.5. The van der Waals surface area contributed by atoms with Crippen molar-refractivity contribution in [3.63, 3.8) is 0 Å². The Labute approximate surface area is 212 Å². The number of hydrazine groups is 1. The first-order valence-electron chi connectivity index (χ1n) is 11.8. The van der Waals surface area contributed by atoms with Crippen LogP contribution in [0.4, 0.5) is 5.69 Å². The molecule has 7 rings (SSSR count). The number of carbonyl (C=O) groups is 3. The van der Waals surface area contributed by atoms with Gasteiger partial charge < -0.3 is 4.74 Å². The van der Waals surface area contributed by atoms with Crippen molar-refractivity contribution in [3.05, 3.63) is 95.1 Å². The van der Waals surface area contributed by atoms with Gasteiger partial charge in [-0.25, -0.2) is 0 Å². The zero-order chi connectivity index (χ0) is 25.7. The van der Waals surface area contributed by atoms with Gasteiger partial charge in [0.25, 0.3) is 5.91 Å². The summed E-state index contributed by atoms with van der Waals surface area (Å²) in [5.41, 5.74) is 9.06. The molecule has 9 nitrogen and oxygen atoms in total. The predicted molar refractivity (Wildman–Crippen MR) is 133 cm³/mol. The number of hydrogen-bond donors (Lipinski definition) is 2. The minimum atomic E-state index is -0.997. The van der Waals surface area contributed by atoms with Crippen LogP contribution in [0.3, 0.4) is 0 Å². The van der Waals surface area contributed by atoms with Crippen molar-refractivity contribution in [1.29, 1.82) is 5.26 Å². The number of amides is 3. The third-order valence-electron chi connectivity index (χ3n) is 7.37. The third-order valence-corrected chi connectivity index (χ3v) is 7.37. The summed E-state index contributed by atoms with van der Waals surface area (Å²) in [5, 5.41) is 14.2. The number of rotatable bonds is 4. The van der Waals surface area contributed by atoms with Crippen LogP contribution in [-0.4, -0.2) is 35.6 Å². The molecule has 3 aliphatic carbocycles. The molecule has 0 spiro atoms. The van der Waals surface area contributed by atoms with Crippen LogP contribution in [0, 0.1) is 23.2 Å². The Kier molecular flexibility index (Phi) is 5.23. The zero-order valence-corrected chi connectivity index (χ0v) is 19.7. The lowest BCUT2D eigenvalue weighted by Crippen LogP contribution is -2.65. The number of nitrogens with one attached hydrogen (secondary N) is 2. The Morgan fingerprint density at radius 3 is 1.97 bits per heavy atom. The van der Waals surface area contributed by atoms with Crippen LogP contribution >= 0.6 is 0 Å². The van der Waals surface area contributed by atoms with E-state index in [0.717, 1.165) is 22.3 Å². The first-order valence-corrected chi connectivity index (χ1v) is 11.8. The largest absolute Gasteiger partial charge is 0.497 e. The maximum Gasteiger partial charge on any atom is 0.310 e. The number of carbonyl (C=O) groups excluding carboxylic acids is 3. The van der Waals surface area contributed by atoms with Crippen LogP contribution in [-0.2, 0) is 14.4 Å². The van der Waals surface area contributed by atoms with Crippen LogP contribution < -0.4 is 15.6 Å². The van der Waals surface area contributed by atoms with Crippen molar-refractivity contribution in [3.8, 4) is 11.8 Å². The fourth-order valence-corrected chi connectivity index (χ4v) is 5.84. The van der Waals surface area contributed by atoms with E-state index in [1.54, 1.807) is 30.3 Å². The number of nitriles is 1. The average Bonchev–Trinajstić information content (AvgIpc) is 2.95. The van der Waals surface area contributed by atoms with Crippen molar-refractivity contribution >= 4 is 29.1 Å². The Balaban J connectivity index is 1.34. The molecule has 37 heavy (non-hydrogen) atoms. The zero-order valence-electron chi connectivity index (χ0n) is 19.7. The summed E-state index contributed by atoms with van der Waals surface area (Å²) >= 11 is 0. The van der Waals surface area contributed by atoms with Gasteiger partial charge in [-0.15, -0.1) is 0 Å². The number of hydrogen-bond acceptors (Lipinski definition) is 7. The van der Waals surface area contributed by atoms with E-state index in [1.807, 2.05) is 48.5 Å². The summed E-state index contributed by atoms with van der Waals surface area (Å²) in [6.07, 6.45) is 0. The number of imide groups is 1. The smallest absolute Gasteiger partial charge is 0.310 e. The van der Waals surface area contributed by atoms with E-state index in [4.69, 9.17) is 4.74 Å². The van der Waals surface area contributed by atoms with E-state index in [9.17, 15) is 19.6 Å². The summed E-state index contributed by atoms with van der Waals surface area (Å²) < 4.78 is 5.11. The van der Waals surface area contributed by atoms with E-state index in [-0.39, 0.29) is 11.8 Å². The van der Waals surface area contributed by atoms with Crippen molar-refractivity contribution < 1.29 is 19.1 Å². The van der Waals surface area contributed by atoms with Crippen LogP contribution in [0.5, 0.6) is 5.75 Å². The lowest BCUT2D eigenvalue weighted by Gasteiger charge is -2.52. The Hall–Kier alpha value is -4.97. The van der Waals surface area contributed by atoms with Gasteiger partial charge in [-0.05, 0) is 46.5 Å². The molecule has 2 atom stereocenters. The first-order chi connectivity index (χ1) is 18.0. The second kappa shape index (κ2) is 8.60. The van der Waals surface area contributed by atoms with E-state index in [2.05, 4.69) is 16.0 Å². The monoisotopic (exact) mass is 491 g/mol. The minimum Gasteiger partial charge on any atom is -0.497 e. The SMILES string of the molecule is COc1ccc(N/N=C(/C#N)C(=O)N2NC(=O)C3C4c5ccccc5C(c5ccccc54)C3C2=O)cc1. The van der Waals surface area contributed by atoms with E-state index >= 15 is 0 Å². The average molecular weight is 492 g/mol. The molecule has 1 saturated heterocycles. The minimum absolute atomic E-state index is 0.301. The molecule has 1 fully saturated rings. The van der Waals surface area contributed by atoms with Crippen molar-refractivity contribution in [2.75, 3.05) is 12.5 Å². The summed E-state index contributed by atoms with van der Waals surface area (Å²) in [5.74, 6) is -3.47. The topological polar surface area (TPSA) is 124 Å². The predicted octanol–water partition coefficient (Wildman–Crippen LogP) is 2.91. The molecule has 1 aliphatic heterocycles. The molecule has 3 aromatic carbocycles. The third kappa shape index (κ3) is 3.37. The van der Waals surface area contributed by atoms with Gasteiger partial charge in [0.05, 0.1) is 24.6 Å². The molecule has 3 aromatic rings. The number of benzene rings is 3. The molecule has 1 heterocycles. The van der Waals surface area contributed by atoms with Crippen LogP contribution in [0.15, 0.2) is 77.9 Å². The summed E-state index contributed by atoms with van der Waals surface area (Å²) in [6, 6.07) is 24.1. The highest BCUT2D eigenvalue weighted by Gasteiger charge is 2.59. The normalized spacial score (nSPS) is 23.2. The highest BCUT2D eigenvalue weighted by atomic mass is 16.5. The van der Waals surface area contributed by atoms with Crippen LogP contribution in [0.2, 0.25) is 0 Å². The van der Waals surface area contributed by atoms with Crippen molar-refractivity contribution in [1.82, 2.24) is 10.4 Å². The number of methoxy groups -OCH3 is 1. The molecule has 0 aromatic heterocycles. The number of anilines is 1. The van der Waals surface area contributed by atoms with Gasteiger partial charge in [0, 0.05) is 11.8 Å². The fraction of sp³-hybridized carbons (Fsp3) is 0.179. The molecule has 0 radical (unpaired) electrons. The molecule has 2 N–H and O–H groups in total. The van der Waals surface area contributed by atoms with Crippen molar-refractivity contribution in [2.24, 2.45) is 16.9 Å². The molecule has 2 unspecified atom stereocenters. The quantitative estimate of drug-likeness (QED) is 0.427. The number of hydrazone groups is 1. The van der Waals surface area contributed by atoms with Gasteiger partial charge in [-0.2, -0.15) is 15.4 Å². The number of ether oxygens (including phenoxy) is 1. The standard InChI is InChI=1S/C28H21N5O4/c1-37-16-12-10-15(11-13-16)30-31-21(14-29)27(35)33-28(36)25-23-19-8-4-2-6-17(19)22(24(25)26(34)32-33)18-7-3-5-9-20(18)23/h2-13,22-25,30H,1H3,(H,32,34)/b31-21-. The number of nitrogens with zero attached hydrogens (tertiary/aromatic N) is 3. The highest BCUT2D eigenvalue weighted by molar-refractivity contribution is 6.47. The van der Waals surface area contributed by atoms with Crippen LogP contribution in [0.25, 0.3) is 0 Å². The highest BCUT2D eigenvalue weighted by Crippen LogP contribution is 2.59. The van der Waals surface area contributed by atoms with Gasteiger partial charge in [-0.1, -0.05) is 48.5 Å². The maximum absolute atomic E-state index is 13.8. The van der Waals surface area contributed by atoms with Gasteiger partial charge in [0.1, 0.15) is 11.8 Å². The lowest BCUT2D eigenvalue weighted by atomic mass is 9.53. The second-order valence-corrected chi connectivity index (χ2v) is 9.13. The second-order valence-electron chi connectivity index (χ2n) is 9.13. The van der Waals surface area contributed by atoms with Crippen molar-refractivity contribution in [2.45, 2.75) is 11.8 Å². The van der Waals surface area contributed by atoms with E-state index < -0.39 is 35.3 Å². The molecule has 3 amide bonds. The molecule has 182 valence electrons. The first kappa shape index (κ1) is 22.5. The van der Waals surface area contributed by atoms with Gasteiger partial charge in [-0.3, -0.25) is 25.2 Å². The van der Waals surface area contributed by atoms with E-state index in [1.165, 1.54) is 7.11 Å². The Morgan fingerprint density at radius 1 is 0.919 bits per heavy atom.